The minimum absolute atomic E-state index is 0.139. The summed E-state index contributed by atoms with van der Waals surface area (Å²) in [6.45, 7) is 4.10. The molecule has 2 nitrogen and oxygen atoms in total. The Morgan fingerprint density at radius 3 is 2.40 bits per heavy atom. The van der Waals surface area contributed by atoms with E-state index in [1.54, 1.807) is 0 Å². The van der Waals surface area contributed by atoms with Crippen molar-refractivity contribution < 1.29 is 9.90 Å². The molecule has 0 saturated carbocycles. The number of rotatable bonds is 5. The molecule has 1 aromatic rings. The van der Waals surface area contributed by atoms with E-state index in [2.05, 4.69) is 0 Å². The molecule has 15 heavy (non-hydrogen) atoms. The van der Waals surface area contributed by atoms with Gasteiger partial charge in [0, 0.05) is 24.5 Å². The number of carbonyl (C=O) groups is 1. The molecule has 2 heteroatoms. The van der Waals surface area contributed by atoms with Gasteiger partial charge in [0.15, 0.2) is 5.78 Å². The molecule has 0 heterocycles. The van der Waals surface area contributed by atoms with Crippen LogP contribution in [-0.4, -0.2) is 17.5 Å². The van der Waals surface area contributed by atoms with Crippen molar-refractivity contribution in [2.24, 2.45) is 0 Å². The molecular formula is C13H18O2. The van der Waals surface area contributed by atoms with Gasteiger partial charge in [0.1, 0.15) is 0 Å². The van der Waals surface area contributed by atoms with E-state index in [1.807, 2.05) is 38.1 Å². The minimum Gasteiger partial charge on any atom is -0.396 e. The Hall–Kier alpha value is -1.15. The van der Waals surface area contributed by atoms with Gasteiger partial charge in [-0.05, 0) is 12.0 Å². The zero-order valence-corrected chi connectivity index (χ0v) is 9.36. The van der Waals surface area contributed by atoms with Gasteiger partial charge in [0.25, 0.3) is 0 Å². The maximum Gasteiger partial charge on any atom is 0.162 e. The third-order valence-electron chi connectivity index (χ3n) is 2.55. The number of ketones is 1. The topological polar surface area (TPSA) is 37.3 Å². The van der Waals surface area contributed by atoms with Gasteiger partial charge in [-0.15, -0.1) is 0 Å². The molecule has 0 bridgehead atoms. The highest BCUT2D eigenvalue weighted by atomic mass is 16.3. The average molecular weight is 206 g/mol. The zero-order valence-electron chi connectivity index (χ0n) is 9.36. The van der Waals surface area contributed by atoms with Gasteiger partial charge in [-0.1, -0.05) is 38.1 Å². The summed E-state index contributed by atoms with van der Waals surface area (Å²) in [5.41, 5.74) is 1.84. The summed E-state index contributed by atoms with van der Waals surface area (Å²) in [5.74, 6) is 0.334. The smallest absolute Gasteiger partial charge is 0.162 e. The monoisotopic (exact) mass is 206 g/mol. The number of benzene rings is 1. The molecular weight excluding hydrogens is 188 g/mol. The van der Waals surface area contributed by atoms with Crippen molar-refractivity contribution in [3.63, 3.8) is 0 Å². The van der Waals surface area contributed by atoms with Crippen molar-refractivity contribution in [3.8, 4) is 0 Å². The number of aliphatic hydroxyl groups is 1. The highest BCUT2D eigenvalue weighted by molar-refractivity contribution is 5.96. The van der Waals surface area contributed by atoms with E-state index in [9.17, 15) is 4.79 Å². The van der Waals surface area contributed by atoms with E-state index in [4.69, 9.17) is 5.11 Å². The first-order valence-electron chi connectivity index (χ1n) is 5.43. The first-order chi connectivity index (χ1) is 7.19. The molecule has 0 amide bonds. The van der Waals surface area contributed by atoms with Crippen molar-refractivity contribution in [2.45, 2.75) is 32.6 Å². The zero-order chi connectivity index (χ0) is 11.3. The van der Waals surface area contributed by atoms with Gasteiger partial charge >= 0.3 is 0 Å². The van der Waals surface area contributed by atoms with E-state index < -0.39 is 0 Å². The number of hydrogen-bond donors (Lipinski definition) is 1. The number of hydrogen-bond acceptors (Lipinski definition) is 2. The summed E-state index contributed by atoms with van der Waals surface area (Å²) in [6, 6.07) is 7.53. The number of carbonyl (C=O) groups excluding carboxylic acids is 1. The van der Waals surface area contributed by atoms with Crippen LogP contribution in [0.4, 0.5) is 0 Å². The molecule has 1 N–H and O–H groups in total. The summed E-state index contributed by atoms with van der Waals surface area (Å²) in [7, 11) is 0. The fraction of sp³-hybridized carbons (Fsp3) is 0.462. The Bertz CT molecular complexity index is 314. The van der Waals surface area contributed by atoms with Crippen LogP contribution in [0, 0.1) is 0 Å². The SMILES string of the molecule is CCCC(=O)c1ccc(C(C)CO)cc1. The number of aliphatic hydroxyl groups excluding tert-OH is 1. The van der Waals surface area contributed by atoms with Crippen LogP contribution in [0.5, 0.6) is 0 Å². The van der Waals surface area contributed by atoms with Crippen molar-refractivity contribution in [1.82, 2.24) is 0 Å². The van der Waals surface area contributed by atoms with E-state index in [1.165, 1.54) is 0 Å². The molecule has 0 spiro atoms. The van der Waals surface area contributed by atoms with Crippen LogP contribution in [0.25, 0.3) is 0 Å². The van der Waals surface area contributed by atoms with Crippen LogP contribution in [-0.2, 0) is 0 Å². The second-order valence-corrected chi connectivity index (χ2v) is 3.88. The average Bonchev–Trinajstić information content (AvgIpc) is 2.28. The van der Waals surface area contributed by atoms with Gasteiger partial charge in [-0.25, -0.2) is 0 Å². The number of Topliss-reactive ketones (excluding diaryl/α,β-unsaturated/α-hetero) is 1. The van der Waals surface area contributed by atoms with Gasteiger partial charge < -0.3 is 5.11 Å². The summed E-state index contributed by atoms with van der Waals surface area (Å²) in [5, 5.41) is 8.98. The van der Waals surface area contributed by atoms with Gasteiger partial charge in [0.05, 0.1) is 0 Å². The predicted molar refractivity (Wildman–Crippen MR) is 61.2 cm³/mol. The molecule has 0 aliphatic heterocycles. The molecule has 0 saturated heterocycles. The quantitative estimate of drug-likeness (QED) is 0.752. The Labute approximate surface area is 90.9 Å². The van der Waals surface area contributed by atoms with Crippen molar-refractivity contribution in [1.29, 1.82) is 0 Å². The lowest BCUT2D eigenvalue weighted by Crippen LogP contribution is -2.01. The van der Waals surface area contributed by atoms with E-state index in [0.29, 0.717) is 6.42 Å². The minimum atomic E-state index is 0.139. The first-order valence-corrected chi connectivity index (χ1v) is 5.43. The van der Waals surface area contributed by atoms with Crippen LogP contribution < -0.4 is 0 Å². The first kappa shape index (κ1) is 11.9. The Morgan fingerprint density at radius 2 is 1.93 bits per heavy atom. The van der Waals surface area contributed by atoms with Crippen LogP contribution >= 0.6 is 0 Å². The molecule has 0 radical (unpaired) electrons. The maximum absolute atomic E-state index is 11.5. The Kier molecular flexibility index (Phi) is 4.50. The van der Waals surface area contributed by atoms with Gasteiger partial charge in [0.2, 0.25) is 0 Å². The molecule has 1 aromatic carbocycles. The third-order valence-corrected chi connectivity index (χ3v) is 2.55. The Morgan fingerprint density at radius 1 is 1.33 bits per heavy atom. The van der Waals surface area contributed by atoms with Crippen LogP contribution in [0.1, 0.15) is 48.5 Å². The predicted octanol–water partition coefficient (Wildman–Crippen LogP) is 2.77. The van der Waals surface area contributed by atoms with E-state index in [-0.39, 0.29) is 18.3 Å². The maximum atomic E-state index is 11.5. The van der Waals surface area contributed by atoms with Gasteiger partial charge in [-0.2, -0.15) is 0 Å². The summed E-state index contributed by atoms with van der Waals surface area (Å²) < 4.78 is 0. The molecule has 1 rings (SSSR count). The summed E-state index contributed by atoms with van der Waals surface area (Å²) in [6.07, 6.45) is 1.49. The molecule has 82 valence electrons. The molecule has 1 atom stereocenters. The van der Waals surface area contributed by atoms with Gasteiger partial charge in [-0.3, -0.25) is 4.79 Å². The molecule has 0 aliphatic carbocycles. The lowest BCUT2D eigenvalue weighted by Gasteiger charge is -2.08. The summed E-state index contributed by atoms with van der Waals surface area (Å²) in [4.78, 5) is 11.5. The standard InChI is InChI=1S/C13H18O2/c1-3-4-13(15)12-7-5-11(6-8-12)10(2)9-14/h5-8,10,14H,3-4,9H2,1-2H3. The Balaban J connectivity index is 2.76. The largest absolute Gasteiger partial charge is 0.396 e. The highest BCUT2D eigenvalue weighted by Gasteiger charge is 2.06. The lowest BCUT2D eigenvalue weighted by molar-refractivity contribution is 0.0981. The van der Waals surface area contributed by atoms with Crippen LogP contribution in [0.15, 0.2) is 24.3 Å². The molecule has 1 unspecified atom stereocenters. The highest BCUT2D eigenvalue weighted by Crippen LogP contribution is 2.16. The second kappa shape index (κ2) is 5.66. The normalized spacial score (nSPS) is 12.5. The van der Waals surface area contributed by atoms with Crippen molar-refractivity contribution >= 4 is 5.78 Å². The lowest BCUT2D eigenvalue weighted by atomic mass is 9.99. The fourth-order valence-corrected chi connectivity index (χ4v) is 1.47. The van der Waals surface area contributed by atoms with Crippen molar-refractivity contribution in [2.75, 3.05) is 6.61 Å². The summed E-state index contributed by atoms with van der Waals surface area (Å²) >= 11 is 0. The van der Waals surface area contributed by atoms with Crippen molar-refractivity contribution in [3.05, 3.63) is 35.4 Å². The van der Waals surface area contributed by atoms with Crippen LogP contribution in [0.2, 0.25) is 0 Å². The van der Waals surface area contributed by atoms with E-state index in [0.717, 1.165) is 17.5 Å². The van der Waals surface area contributed by atoms with Crippen LogP contribution in [0.3, 0.4) is 0 Å². The molecule has 0 aromatic heterocycles. The third kappa shape index (κ3) is 3.17. The second-order valence-electron chi connectivity index (χ2n) is 3.88. The molecule has 0 aliphatic rings. The molecule has 0 fully saturated rings. The van der Waals surface area contributed by atoms with E-state index >= 15 is 0 Å². The fourth-order valence-electron chi connectivity index (χ4n) is 1.47.